The first-order chi connectivity index (χ1) is 12.4. The van der Waals surface area contributed by atoms with Crippen LogP contribution in [-0.2, 0) is 13.2 Å². The molecular formula is C19H18F3N3S. The van der Waals surface area contributed by atoms with E-state index in [9.17, 15) is 13.2 Å². The largest absolute Gasteiger partial charge is 0.416 e. The molecule has 0 aliphatic heterocycles. The summed E-state index contributed by atoms with van der Waals surface area (Å²) in [5.41, 5.74) is 1.28. The van der Waals surface area contributed by atoms with Gasteiger partial charge in [0.15, 0.2) is 0 Å². The Morgan fingerprint density at radius 1 is 1.15 bits per heavy atom. The summed E-state index contributed by atoms with van der Waals surface area (Å²) < 4.78 is 40.8. The van der Waals surface area contributed by atoms with Crippen molar-refractivity contribution in [3.05, 3.63) is 42.2 Å². The van der Waals surface area contributed by atoms with E-state index in [1.54, 1.807) is 18.0 Å². The number of benzene rings is 1. The van der Waals surface area contributed by atoms with Crippen molar-refractivity contribution in [1.82, 2.24) is 14.5 Å². The van der Waals surface area contributed by atoms with Gasteiger partial charge in [-0.2, -0.15) is 13.2 Å². The summed E-state index contributed by atoms with van der Waals surface area (Å²) in [7, 11) is 1.84. The van der Waals surface area contributed by atoms with Crippen molar-refractivity contribution in [1.29, 1.82) is 0 Å². The average Bonchev–Trinajstić information content (AvgIpc) is 3.23. The number of fused-ring (bicyclic) bond motifs is 1. The molecule has 0 unspecified atom stereocenters. The monoisotopic (exact) mass is 377 g/mol. The molecule has 0 radical (unpaired) electrons. The number of halogens is 3. The minimum Gasteiger partial charge on any atom is -0.327 e. The van der Waals surface area contributed by atoms with Gasteiger partial charge in [0.1, 0.15) is 5.82 Å². The molecular weight excluding hydrogens is 359 g/mol. The molecule has 4 rings (SSSR count). The molecule has 1 fully saturated rings. The van der Waals surface area contributed by atoms with Crippen LogP contribution in [0.2, 0.25) is 0 Å². The van der Waals surface area contributed by atoms with Crippen LogP contribution in [0.4, 0.5) is 13.2 Å². The molecule has 7 heteroatoms. The second-order valence-corrected chi connectivity index (χ2v) is 7.93. The lowest BCUT2D eigenvalue weighted by Crippen LogP contribution is -2.04. The molecule has 1 saturated carbocycles. The zero-order valence-corrected chi connectivity index (χ0v) is 15.1. The third-order valence-corrected chi connectivity index (χ3v) is 6.21. The van der Waals surface area contributed by atoms with Crippen LogP contribution in [0.15, 0.2) is 41.6 Å². The van der Waals surface area contributed by atoms with Gasteiger partial charge in [0.2, 0.25) is 0 Å². The normalized spacial score (nSPS) is 15.8. The topological polar surface area (TPSA) is 30.7 Å². The fraction of sp³-hybridized carbons (Fsp3) is 0.368. The Morgan fingerprint density at radius 2 is 1.92 bits per heavy atom. The molecule has 2 aromatic heterocycles. The van der Waals surface area contributed by atoms with Crippen molar-refractivity contribution in [2.75, 3.05) is 0 Å². The number of aromatic nitrogens is 3. The number of thioether (sulfide) groups is 1. The number of imidazole rings is 1. The lowest BCUT2D eigenvalue weighted by molar-refractivity contribution is -0.137. The highest BCUT2D eigenvalue weighted by molar-refractivity contribution is 8.00. The predicted molar refractivity (Wildman–Crippen MR) is 97.1 cm³/mol. The molecule has 3 aromatic rings. The zero-order valence-electron chi connectivity index (χ0n) is 14.3. The van der Waals surface area contributed by atoms with Gasteiger partial charge < -0.3 is 4.57 Å². The van der Waals surface area contributed by atoms with Gasteiger partial charge in [-0.1, -0.05) is 12.8 Å². The summed E-state index contributed by atoms with van der Waals surface area (Å²) in [4.78, 5) is 9.79. The zero-order chi connectivity index (χ0) is 18.3. The summed E-state index contributed by atoms with van der Waals surface area (Å²) in [6.45, 7) is 0. The first-order valence-corrected chi connectivity index (χ1v) is 9.46. The lowest BCUT2D eigenvalue weighted by atomic mass is 10.2. The highest BCUT2D eigenvalue weighted by Crippen LogP contribution is 2.39. The van der Waals surface area contributed by atoms with Crippen molar-refractivity contribution in [2.45, 2.75) is 42.0 Å². The van der Waals surface area contributed by atoms with Gasteiger partial charge in [-0.15, -0.1) is 11.8 Å². The van der Waals surface area contributed by atoms with E-state index in [1.807, 2.05) is 23.9 Å². The second kappa shape index (κ2) is 6.61. The third kappa shape index (κ3) is 3.20. The molecule has 0 atom stereocenters. The van der Waals surface area contributed by atoms with E-state index < -0.39 is 11.7 Å². The van der Waals surface area contributed by atoms with E-state index >= 15 is 0 Å². The van der Waals surface area contributed by atoms with Crippen molar-refractivity contribution in [2.24, 2.45) is 7.05 Å². The Kier molecular flexibility index (Phi) is 4.42. The number of aryl methyl sites for hydroxylation is 1. The van der Waals surface area contributed by atoms with Crippen LogP contribution in [0, 0.1) is 0 Å². The third-order valence-electron chi connectivity index (χ3n) is 4.83. The Labute approximate surface area is 153 Å². The number of hydrogen-bond donors (Lipinski definition) is 0. The van der Waals surface area contributed by atoms with Crippen LogP contribution >= 0.6 is 11.8 Å². The van der Waals surface area contributed by atoms with Crippen LogP contribution < -0.4 is 0 Å². The highest BCUT2D eigenvalue weighted by Gasteiger charge is 2.31. The number of alkyl halides is 3. The standard InChI is InChI=1S/C19H18F3N3S/c1-25-16-7-6-12(19(20,21)22)10-15(16)24-18(25)14-8-9-23-11-17(14)26-13-4-2-3-5-13/h6-11,13H,2-5H2,1H3. The smallest absolute Gasteiger partial charge is 0.327 e. The minimum absolute atomic E-state index is 0.353. The van der Waals surface area contributed by atoms with Crippen LogP contribution in [0.3, 0.4) is 0 Å². The summed E-state index contributed by atoms with van der Waals surface area (Å²) in [5.74, 6) is 0.669. The molecule has 2 heterocycles. The summed E-state index contributed by atoms with van der Waals surface area (Å²) in [6, 6.07) is 5.60. The molecule has 3 nitrogen and oxygen atoms in total. The fourth-order valence-electron chi connectivity index (χ4n) is 3.46. The van der Waals surface area contributed by atoms with Crippen LogP contribution in [0.25, 0.3) is 22.4 Å². The van der Waals surface area contributed by atoms with E-state index in [-0.39, 0.29) is 0 Å². The van der Waals surface area contributed by atoms with E-state index in [0.29, 0.717) is 22.1 Å². The summed E-state index contributed by atoms with van der Waals surface area (Å²) in [5, 5.41) is 0.574. The lowest BCUT2D eigenvalue weighted by Gasteiger charge is -2.12. The average molecular weight is 377 g/mol. The van der Waals surface area contributed by atoms with E-state index in [2.05, 4.69) is 9.97 Å². The van der Waals surface area contributed by atoms with E-state index in [0.717, 1.165) is 22.6 Å². The van der Waals surface area contributed by atoms with E-state index in [1.165, 1.54) is 31.7 Å². The SMILES string of the molecule is Cn1c(-c2ccncc2SC2CCCC2)nc2cc(C(F)(F)F)ccc21. The Balaban J connectivity index is 1.78. The Bertz CT molecular complexity index is 943. The number of pyridine rings is 1. The maximum Gasteiger partial charge on any atom is 0.416 e. The van der Waals surface area contributed by atoms with Crippen LogP contribution in [0.1, 0.15) is 31.2 Å². The molecule has 1 aliphatic rings. The van der Waals surface area contributed by atoms with Gasteiger partial charge >= 0.3 is 6.18 Å². The molecule has 0 bridgehead atoms. The molecule has 0 N–H and O–H groups in total. The minimum atomic E-state index is -4.37. The maximum atomic E-state index is 13.0. The van der Waals surface area contributed by atoms with Crippen molar-refractivity contribution < 1.29 is 13.2 Å². The molecule has 26 heavy (non-hydrogen) atoms. The van der Waals surface area contributed by atoms with Crippen LogP contribution in [-0.4, -0.2) is 19.8 Å². The molecule has 136 valence electrons. The van der Waals surface area contributed by atoms with Gasteiger partial charge in [-0.05, 0) is 37.1 Å². The molecule has 0 saturated heterocycles. The Morgan fingerprint density at radius 3 is 2.65 bits per heavy atom. The molecule has 1 aromatic carbocycles. The van der Waals surface area contributed by atoms with Crippen molar-refractivity contribution in [3.8, 4) is 11.4 Å². The fourth-order valence-corrected chi connectivity index (χ4v) is 4.80. The van der Waals surface area contributed by atoms with Crippen molar-refractivity contribution in [3.63, 3.8) is 0 Å². The Hall–Kier alpha value is -2.02. The van der Waals surface area contributed by atoms with Crippen molar-refractivity contribution >= 4 is 22.8 Å². The summed E-state index contributed by atoms with van der Waals surface area (Å²) in [6.07, 6.45) is 4.05. The van der Waals surface area contributed by atoms with Gasteiger partial charge in [-0.3, -0.25) is 4.98 Å². The predicted octanol–water partition coefficient (Wildman–Crippen LogP) is 5.69. The van der Waals surface area contributed by atoms with Crippen LogP contribution in [0.5, 0.6) is 0 Å². The maximum absolute atomic E-state index is 13.0. The number of nitrogens with zero attached hydrogens (tertiary/aromatic N) is 3. The van der Waals surface area contributed by atoms with E-state index in [4.69, 9.17) is 0 Å². The van der Waals surface area contributed by atoms with Gasteiger partial charge in [0.25, 0.3) is 0 Å². The number of rotatable bonds is 3. The second-order valence-electron chi connectivity index (χ2n) is 6.59. The molecule has 0 spiro atoms. The quantitative estimate of drug-likeness (QED) is 0.588. The van der Waals surface area contributed by atoms with Gasteiger partial charge in [0.05, 0.1) is 16.6 Å². The highest BCUT2D eigenvalue weighted by atomic mass is 32.2. The molecule has 0 amide bonds. The molecule has 1 aliphatic carbocycles. The first-order valence-electron chi connectivity index (χ1n) is 8.58. The first kappa shape index (κ1) is 17.4. The van der Waals surface area contributed by atoms with Gasteiger partial charge in [0, 0.05) is 35.2 Å². The van der Waals surface area contributed by atoms with Gasteiger partial charge in [-0.25, -0.2) is 4.98 Å². The number of hydrogen-bond acceptors (Lipinski definition) is 3. The summed E-state index contributed by atoms with van der Waals surface area (Å²) >= 11 is 1.80.